The molecule has 0 aromatic carbocycles. The van der Waals surface area contributed by atoms with Crippen molar-refractivity contribution in [2.24, 2.45) is 0 Å². The number of aliphatic hydroxyl groups is 1. The second kappa shape index (κ2) is 11.2. The lowest BCUT2D eigenvalue weighted by Gasteiger charge is -2.33. The van der Waals surface area contributed by atoms with Gasteiger partial charge in [0, 0.05) is 25.8 Å². The fourth-order valence-corrected chi connectivity index (χ4v) is 3.19. The predicted octanol–water partition coefficient (Wildman–Crippen LogP) is 2.63. The number of carbonyl (C=O) groups excluding carboxylic acids is 1. The van der Waals surface area contributed by atoms with Crippen LogP contribution in [0.4, 0.5) is 0 Å². The van der Waals surface area contributed by atoms with Crippen molar-refractivity contribution in [2.45, 2.75) is 57.1 Å². The molecule has 2 atom stereocenters. The van der Waals surface area contributed by atoms with Gasteiger partial charge in [-0.05, 0) is 37.8 Å². The molecule has 1 amide bonds. The van der Waals surface area contributed by atoms with E-state index < -0.39 is 18.0 Å². The molecule has 0 spiro atoms. The van der Waals surface area contributed by atoms with Gasteiger partial charge >= 0.3 is 11.9 Å². The summed E-state index contributed by atoms with van der Waals surface area (Å²) in [5.74, 6) is -1.72. The van der Waals surface area contributed by atoms with E-state index in [9.17, 15) is 19.5 Å². The molecule has 29 heavy (non-hydrogen) atoms. The molecule has 1 aromatic heterocycles. The molecule has 1 aliphatic rings. The second-order valence-electron chi connectivity index (χ2n) is 6.99. The van der Waals surface area contributed by atoms with E-state index in [1.54, 1.807) is 17.1 Å². The van der Waals surface area contributed by atoms with Crippen molar-refractivity contribution in [3.8, 4) is 0 Å². The highest BCUT2D eigenvalue weighted by molar-refractivity contribution is 5.84. The molecule has 1 fully saturated rings. The van der Waals surface area contributed by atoms with E-state index in [4.69, 9.17) is 14.6 Å². The molecule has 0 radical (unpaired) electrons. The number of aromatic carboxylic acids is 1. The number of rotatable bonds is 11. The number of nitrogens with zero attached hydrogens (tertiary/aromatic N) is 1. The van der Waals surface area contributed by atoms with Crippen LogP contribution in [0.2, 0.25) is 0 Å². The molecule has 8 heteroatoms. The van der Waals surface area contributed by atoms with Crippen molar-refractivity contribution in [1.82, 2.24) is 4.90 Å². The van der Waals surface area contributed by atoms with Gasteiger partial charge < -0.3 is 24.6 Å². The SMILES string of the molecule is O=C(O)CCC/C=C\CN1C(=O)CCC[C@@H]1/C=C/C(O)Cc1ccc(C(=O)O)o1. The van der Waals surface area contributed by atoms with Gasteiger partial charge in [0.1, 0.15) is 5.76 Å². The van der Waals surface area contributed by atoms with E-state index in [-0.39, 0.29) is 30.6 Å². The molecular weight excluding hydrogens is 378 g/mol. The molecule has 2 rings (SSSR count). The smallest absolute Gasteiger partial charge is 0.371 e. The van der Waals surface area contributed by atoms with Gasteiger partial charge in [0.25, 0.3) is 0 Å². The Morgan fingerprint density at radius 2 is 2.07 bits per heavy atom. The summed E-state index contributed by atoms with van der Waals surface area (Å²) in [6, 6.07) is 2.74. The molecule has 2 heterocycles. The van der Waals surface area contributed by atoms with Crippen LogP contribution in [0, 0.1) is 0 Å². The van der Waals surface area contributed by atoms with Crippen LogP contribution in [0.1, 0.15) is 54.8 Å². The lowest BCUT2D eigenvalue weighted by Crippen LogP contribution is -2.42. The predicted molar refractivity (Wildman–Crippen MR) is 104 cm³/mol. The van der Waals surface area contributed by atoms with Crippen molar-refractivity contribution in [3.05, 3.63) is 48.0 Å². The Hall–Kier alpha value is -2.87. The van der Waals surface area contributed by atoms with Gasteiger partial charge in [0.05, 0.1) is 12.1 Å². The van der Waals surface area contributed by atoms with Crippen molar-refractivity contribution in [3.63, 3.8) is 0 Å². The maximum Gasteiger partial charge on any atom is 0.371 e. The first-order valence-corrected chi connectivity index (χ1v) is 9.71. The number of hydrogen-bond acceptors (Lipinski definition) is 5. The highest BCUT2D eigenvalue weighted by Crippen LogP contribution is 2.20. The minimum absolute atomic E-state index is 0.0488. The fourth-order valence-electron chi connectivity index (χ4n) is 3.19. The average molecular weight is 405 g/mol. The van der Waals surface area contributed by atoms with E-state index in [2.05, 4.69) is 0 Å². The van der Waals surface area contributed by atoms with Crippen LogP contribution in [0.3, 0.4) is 0 Å². The number of aliphatic carboxylic acids is 1. The van der Waals surface area contributed by atoms with Crippen LogP contribution in [0.5, 0.6) is 0 Å². The minimum atomic E-state index is -1.16. The first-order valence-electron chi connectivity index (χ1n) is 9.71. The summed E-state index contributed by atoms with van der Waals surface area (Å²) in [6.45, 7) is 0.442. The summed E-state index contributed by atoms with van der Waals surface area (Å²) < 4.78 is 5.14. The summed E-state index contributed by atoms with van der Waals surface area (Å²) in [5, 5.41) is 27.7. The van der Waals surface area contributed by atoms with Gasteiger partial charge in [0.15, 0.2) is 0 Å². The molecule has 8 nitrogen and oxygen atoms in total. The van der Waals surface area contributed by atoms with Crippen LogP contribution in [-0.2, 0) is 16.0 Å². The van der Waals surface area contributed by atoms with Gasteiger partial charge in [-0.3, -0.25) is 9.59 Å². The normalized spacial score (nSPS) is 18.6. The van der Waals surface area contributed by atoms with Crippen molar-refractivity contribution in [1.29, 1.82) is 0 Å². The number of unbranched alkanes of at least 4 members (excludes halogenated alkanes) is 1. The molecule has 1 unspecified atom stereocenters. The van der Waals surface area contributed by atoms with Gasteiger partial charge in [-0.25, -0.2) is 4.79 Å². The second-order valence-corrected chi connectivity index (χ2v) is 6.99. The number of carboxylic acid groups (broad SMARTS) is 2. The van der Waals surface area contributed by atoms with Gasteiger partial charge in [-0.2, -0.15) is 0 Å². The van der Waals surface area contributed by atoms with Gasteiger partial charge in [0.2, 0.25) is 11.7 Å². The Morgan fingerprint density at radius 1 is 1.28 bits per heavy atom. The molecular formula is C21H27NO7. The van der Waals surface area contributed by atoms with Crippen LogP contribution in [0.25, 0.3) is 0 Å². The zero-order chi connectivity index (χ0) is 21.2. The maximum atomic E-state index is 12.3. The van der Waals surface area contributed by atoms with Gasteiger partial charge in [-0.15, -0.1) is 0 Å². The number of hydrogen-bond donors (Lipinski definition) is 3. The van der Waals surface area contributed by atoms with Crippen molar-refractivity contribution in [2.75, 3.05) is 6.54 Å². The lowest BCUT2D eigenvalue weighted by atomic mass is 10.00. The Balaban J connectivity index is 1.87. The number of furan rings is 1. The van der Waals surface area contributed by atoms with Crippen LogP contribution in [0.15, 0.2) is 40.9 Å². The van der Waals surface area contributed by atoms with E-state index >= 15 is 0 Å². The highest BCUT2D eigenvalue weighted by atomic mass is 16.4. The summed E-state index contributed by atoms with van der Waals surface area (Å²) in [6.07, 6.45) is 9.87. The summed E-state index contributed by atoms with van der Waals surface area (Å²) >= 11 is 0. The molecule has 1 aliphatic heterocycles. The molecule has 158 valence electrons. The summed E-state index contributed by atoms with van der Waals surface area (Å²) in [5.41, 5.74) is 0. The topological polar surface area (TPSA) is 128 Å². The molecule has 1 saturated heterocycles. The van der Waals surface area contributed by atoms with E-state index in [1.807, 2.05) is 12.2 Å². The van der Waals surface area contributed by atoms with Crippen molar-refractivity contribution >= 4 is 17.8 Å². The first-order chi connectivity index (χ1) is 13.9. The Bertz CT molecular complexity index is 765. The van der Waals surface area contributed by atoms with Crippen LogP contribution >= 0.6 is 0 Å². The fraction of sp³-hybridized carbons (Fsp3) is 0.476. The van der Waals surface area contributed by atoms with Crippen LogP contribution < -0.4 is 0 Å². The molecule has 0 bridgehead atoms. The molecule has 1 aromatic rings. The third-order valence-electron chi connectivity index (χ3n) is 4.68. The third kappa shape index (κ3) is 7.57. The standard InChI is InChI=1S/C21H27NO7/c23-16(14-17-11-12-18(29-17)21(27)28)10-9-15-6-5-7-19(24)22(15)13-4-2-1-3-8-20(25)26/h2,4,9-12,15-16,23H,1,3,5-8,13-14H2,(H,25,26)(H,27,28)/b4-2-,10-9+/t15-,16?/m1/s1. The summed E-state index contributed by atoms with van der Waals surface area (Å²) in [4.78, 5) is 35.3. The van der Waals surface area contributed by atoms with Crippen LogP contribution in [-0.4, -0.2) is 56.8 Å². The number of carboxylic acids is 2. The summed E-state index contributed by atoms with van der Waals surface area (Å²) in [7, 11) is 0. The molecule has 3 N–H and O–H groups in total. The minimum Gasteiger partial charge on any atom is -0.481 e. The van der Waals surface area contributed by atoms with E-state index in [1.165, 1.54) is 12.1 Å². The van der Waals surface area contributed by atoms with E-state index in [0.29, 0.717) is 31.6 Å². The first kappa shape index (κ1) is 22.4. The van der Waals surface area contributed by atoms with E-state index in [0.717, 1.165) is 12.8 Å². The number of likely N-dealkylation sites (tertiary alicyclic amines) is 1. The lowest BCUT2D eigenvalue weighted by molar-refractivity contribution is -0.137. The number of aliphatic hydroxyl groups excluding tert-OH is 1. The van der Waals surface area contributed by atoms with Crippen molar-refractivity contribution < 1.29 is 34.1 Å². The number of amides is 1. The number of piperidine rings is 1. The number of carbonyl (C=O) groups is 3. The number of allylic oxidation sites excluding steroid dienone is 1. The molecule has 0 aliphatic carbocycles. The Labute approximate surface area is 169 Å². The quantitative estimate of drug-likeness (QED) is 0.381. The molecule has 0 saturated carbocycles. The zero-order valence-corrected chi connectivity index (χ0v) is 16.2. The monoisotopic (exact) mass is 405 g/mol. The Morgan fingerprint density at radius 3 is 2.76 bits per heavy atom. The largest absolute Gasteiger partial charge is 0.481 e. The Kier molecular flexibility index (Phi) is 8.67. The highest BCUT2D eigenvalue weighted by Gasteiger charge is 2.25. The zero-order valence-electron chi connectivity index (χ0n) is 16.2. The average Bonchev–Trinajstić information content (AvgIpc) is 3.12. The third-order valence-corrected chi connectivity index (χ3v) is 4.68. The van der Waals surface area contributed by atoms with Gasteiger partial charge in [-0.1, -0.05) is 24.3 Å². The maximum absolute atomic E-state index is 12.3.